The van der Waals surface area contributed by atoms with Crippen LogP contribution in [0, 0.1) is 0 Å². The van der Waals surface area contributed by atoms with E-state index < -0.39 is 0 Å². The zero-order chi connectivity index (χ0) is 14.7. The Labute approximate surface area is 123 Å². The number of hydrogen-bond donors (Lipinski definition) is 1. The molecule has 1 heterocycles. The molecule has 0 bridgehead atoms. The third-order valence-corrected chi connectivity index (χ3v) is 3.13. The van der Waals surface area contributed by atoms with E-state index in [-0.39, 0.29) is 0 Å². The maximum atomic E-state index is 4.43. The van der Waals surface area contributed by atoms with E-state index in [4.69, 9.17) is 0 Å². The van der Waals surface area contributed by atoms with Crippen molar-refractivity contribution in [2.24, 2.45) is 0 Å². The SMILES string of the molecule is CN(C)c1cccc(Nc2ncn(-c3ccccc3)n2)c1. The lowest BCUT2D eigenvalue weighted by molar-refractivity contribution is 0.882. The maximum Gasteiger partial charge on any atom is 0.246 e. The van der Waals surface area contributed by atoms with Gasteiger partial charge in [0, 0.05) is 25.5 Å². The van der Waals surface area contributed by atoms with Crippen LogP contribution in [0.15, 0.2) is 60.9 Å². The molecule has 1 N–H and O–H groups in total. The standard InChI is InChI=1S/C16H17N5/c1-20(2)15-10-6-7-13(11-15)18-16-17-12-21(19-16)14-8-4-3-5-9-14/h3-12H,1-2H3,(H,18,19). The Morgan fingerprint density at radius 3 is 2.57 bits per heavy atom. The Morgan fingerprint density at radius 2 is 1.81 bits per heavy atom. The van der Waals surface area contributed by atoms with Gasteiger partial charge in [-0.25, -0.2) is 4.68 Å². The molecule has 0 aliphatic rings. The van der Waals surface area contributed by atoms with Gasteiger partial charge in [-0.15, -0.1) is 5.10 Å². The zero-order valence-electron chi connectivity index (χ0n) is 12.1. The largest absolute Gasteiger partial charge is 0.378 e. The molecular weight excluding hydrogens is 262 g/mol. The average molecular weight is 279 g/mol. The van der Waals surface area contributed by atoms with Crippen molar-refractivity contribution in [3.63, 3.8) is 0 Å². The van der Waals surface area contributed by atoms with Crippen LogP contribution in [0.2, 0.25) is 0 Å². The minimum absolute atomic E-state index is 0.578. The van der Waals surface area contributed by atoms with E-state index in [1.54, 1.807) is 11.0 Å². The fourth-order valence-electron chi connectivity index (χ4n) is 2.02. The minimum Gasteiger partial charge on any atom is -0.378 e. The first kappa shape index (κ1) is 13.2. The monoisotopic (exact) mass is 279 g/mol. The molecule has 5 heteroatoms. The summed E-state index contributed by atoms with van der Waals surface area (Å²) in [5, 5.41) is 7.65. The lowest BCUT2D eigenvalue weighted by Crippen LogP contribution is -2.08. The molecule has 0 radical (unpaired) electrons. The second kappa shape index (κ2) is 5.66. The molecule has 21 heavy (non-hydrogen) atoms. The summed E-state index contributed by atoms with van der Waals surface area (Å²) in [4.78, 5) is 6.35. The lowest BCUT2D eigenvalue weighted by Gasteiger charge is -2.13. The van der Waals surface area contributed by atoms with E-state index >= 15 is 0 Å². The number of rotatable bonds is 4. The summed E-state index contributed by atoms with van der Waals surface area (Å²) in [6.07, 6.45) is 1.70. The summed E-state index contributed by atoms with van der Waals surface area (Å²) < 4.78 is 1.75. The predicted octanol–water partition coefficient (Wildman–Crippen LogP) is 3.08. The van der Waals surface area contributed by atoms with Crippen LogP contribution in [-0.4, -0.2) is 28.9 Å². The number of anilines is 3. The summed E-state index contributed by atoms with van der Waals surface area (Å²) in [5.74, 6) is 0.578. The Balaban J connectivity index is 1.80. The normalized spacial score (nSPS) is 10.4. The van der Waals surface area contributed by atoms with Gasteiger partial charge in [-0.05, 0) is 30.3 Å². The number of hydrogen-bond acceptors (Lipinski definition) is 4. The smallest absolute Gasteiger partial charge is 0.246 e. The van der Waals surface area contributed by atoms with E-state index in [0.29, 0.717) is 5.95 Å². The van der Waals surface area contributed by atoms with Crippen LogP contribution in [0.5, 0.6) is 0 Å². The Bertz CT molecular complexity index is 718. The van der Waals surface area contributed by atoms with Crippen LogP contribution in [-0.2, 0) is 0 Å². The third-order valence-electron chi connectivity index (χ3n) is 3.13. The lowest BCUT2D eigenvalue weighted by atomic mass is 10.2. The first-order valence-corrected chi connectivity index (χ1v) is 6.74. The molecule has 0 unspecified atom stereocenters. The molecule has 1 aromatic heterocycles. The van der Waals surface area contributed by atoms with E-state index in [1.807, 2.05) is 56.6 Å². The van der Waals surface area contributed by atoms with Crippen molar-refractivity contribution >= 4 is 17.3 Å². The highest BCUT2D eigenvalue weighted by molar-refractivity contribution is 5.61. The molecule has 0 aliphatic heterocycles. The number of benzene rings is 2. The van der Waals surface area contributed by atoms with Crippen molar-refractivity contribution < 1.29 is 0 Å². The molecule has 0 amide bonds. The molecule has 2 aromatic carbocycles. The van der Waals surface area contributed by atoms with Gasteiger partial charge < -0.3 is 10.2 Å². The van der Waals surface area contributed by atoms with Gasteiger partial charge in [0.25, 0.3) is 0 Å². The van der Waals surface area contributed by atoms with E-state index in [0.717, 1.165) is 17.1 Å². The van der Waals surface area contributed by atoms with Gasteiger partial charge in [-0.2, -0.15) is 4.98 Å². The van der Waals surface area contributed by atoms with Crippen molar-refractivity contribution in [2.45, 2.75) is 0 Å². The summed E-state index contributed by atoms with van der Waals surface area (Å²) in [7, 11) is 4.03. The minimum atomic E-state index is 0.578. The second-order valence-corrected chi connectivity index (χ2v) is 4.92. The number of aromatic nitrogens is 3. The fourth-order valence-corrected chi connectivity index (χ4v) is 2.02. The van der Waals surface area contributed by atoms with Gasteiger partial charge in [0.05, 0.1) is 5.69 Å². The summed E-state index contributed by atoms with van der Waals surface area (Å²) in [6.45, 7) is 0. The highest BCUT2D eigenvalue weighted by Gasteiger charge is 2.04. The number of para-hydroxylation sites is 1. The molecule has 0 fully saturated rings. The third kappa shape index (κ3) is 3.02. The van der Waals surface area contributed by atoms with Crippen LogP contribution in [0.4, 0.5) is 17.3 Å². The van der Waals surface area contributed by atoms with Gasteiger partial charge in [-0.1, -0.05) is 24.3 Å². The van der Waals surface area contributed by atoms with E-state index in [1.165, 1.54) is 0 Å². The predicted molar refractivity (Wildman–Crippen MR) is 85.4 cm³/mol. The average Bonchev–Trinajstić information content (AvgIpc) is 2.97. The molecule has 106 valence electrons. The molecule has 0 spiro atoms. The van der Waals surface area contributed by atoms with Crippen LogP contribution >= 0.6 is 0 Å². The van der Waals surface area contributed by atoms with Crippen LogP contribution in [0.25, 0.3) is 5.69 Å². The van der Waals surface area contributed by atoms with Crippen molar-refractivity contribution in [3.8, 4) is 5.69 Å². The first-order valence-electron chi connectivity index (χ1n) is 6.74. The van der Waals surface area contributed by atoms with Crippen LogP contribution < -0.4 is 10.2 Å². The summed E-state index contributed by atoms with van der Waals surface area (Å²) in [6, 6.07) is 18.0. The van der Waals surface area contributed by atoms with Gasteiger partial charge in [-0.3, -0.25) is 0 Å². The highest BCUT2D eigenvalue weighted by Crippen LogP contribution is 2.19. The summed E-state index contributed by atoms with van der Waals surface area (Å²) in [5.41, 5.74) is 3.08. The van der Waals surface area contributed by atoms with Crippen molar-refractivity contribution in [3.05, 3.63) is 60.9 Å². The molecule has 3 rings (SSSR count). The van der Waals surface area contributed by atoms with Gasteiger partial charge in [0.1, 0.15) is 6.33 Å². The van der Waals surface area contributed by atoms with Crippen LogP contribution in [0.1, 0.15) is 0 Å². The molecule has 0 aliphatic carbocycles. The first-order chi connectivity index (χ1) is 10.2. The van der Waals surface area contributed by atoms with Crippen LogP contribution in [0.3, 0.4) is 0 Å². The topological polar surface area (TPSA) is 46.0 Å². The van der Waals surface area contributed by atoms with E-state index in [2.05, 4.69) is 32.4 Å². The highest BCUT2D eigenvalue weighted by atomic mass is 15.4. The Kier molecular flexibility index (Phi) is 3.55. The van der Waals surface area contributed by atoms with E-state index in [9.17, 15) is 0 Å². The van der Waals surface area contributed by atoms with Crippen molar-refractivity contribution in [1.82, 2.24) is 14.8 Å². The summed E-state index contributed by atoms with van der Waals surface area (Å²) >= 11 is 0. The molecule has 0 atom stereocenters. The molecule has 0 saturated heterocycles. The Morgan fingerprint density at radius 1 is 1.00 bits per heavy atom. The Hall–Kier alpha value is -2.82. The number of nitrogens with one attached hydrogen (secondary N) is 1. The molecule has 0 saturated carbocycles. The second-order valence-electron chi connectivity index (χ2n) is 4.92. The molecule has 3 aromatic rings. The number of nitrogens with zero attached hydrogens (tertiary/aromatic N) is 4. The van der Waals surface area contributed by atoms with Crippen molar-refractivity contribution in [1.29, 1.82) is 0 Å². The molecular formula is C16H17N5. The molecule has 5 nitrogen and oxygen atoms in total. The zero-order valence-corrected chi connectivity index (χ0v) is 12.1. The maximum absolute atomic E-state index is 4.43. The van der Waals surface area contributed by atoms with Gasteiger partial charge >= 0.3 is 0 Å². The van der Waals surface area contributed by atoms with Crippen molar-refractivity contribution in [2.75, 3.05) is 24.3 Å². The quantitative estimate of drug-likeness (QED) is 0.797. The fraction of sp³-hybridized carbons (Fsp3) is 0.125. The van der Waals surface area contributed by atoms with Gasteiger partial charge in [0.15, 0.2) is 0 Å². The van der Waals surface area contributed by atoms with Gasteiger partial charge in [0.2, 0.25) is 5.95 Å².